The Labute approximate surface area is 305 Å². The predicted molar refractivity (Wildman–Crippen MR) is 222 cm³/mol. The van der Waals surface area contributed by atoms with Gasteiger partial charge in [0.15, 0.2) is 0 Å². The van der Waals surface area contributed by atoms with E-state index in [0.717, 1.165) is 88.4 Å². The zero-order valence-electron chi connectivity index (χ0n) is 28.7. The lowest BCUT2D eigenvalue weighted by Crippen LogP contribution is -2.09. The van der Waals surface area contributed by atoms with Gasteiger partial charge in [0.05, 0.1) is 11.1 Å². The molecule has 0 N–H and O–H groups in total. The van der Waals surface area contributed by atoms with Crippen molar-refractivity contribution in [3.63, 3.8) is 0 Å². The molecule has 3 nitrogen and oxygen atoms in total. The molecule has 0 amide bonds. The fraction of sp³-hybridized carbons (Fsp3) is 0. The van der Waals surface area contributed by atoms with Crippen molar-refractivity contribution in [1.29, 1.82) is 0 Å². The summed E-state index contributed by atoms with van der Waals surface area (Å²) in [5.74, 6) is 0. The average molecular weight is 678 g/mol. The van der Waals surface area contributed by atoms with Crippen LogP contribution in [0, 0.1) is 0 Å². The zero-order chi connectivity index (χ0) is 34.9. The first-order chi connectivity index (χ1) is 26.3. The smallest absolute Gasteiger partial charge is 0.143 e. The minimum atomic E-state index is 0.845. The van der Waals surface area contributed by atoms with E-state index in [9.17, 15) is 0 Å². The van der Waals surface area contributed by atoms with Crippen LogP contribution in [0.1, 0.15) is 0 Å². The summed E-state index contributed by atoms with van der Waals surface area (Å²) in [5.41, 5.74) is 11.2. The minimum absolute atomic E-state index is 0.845. The maximum atomic E-state index is 6.86. The maximum Gasteiger partial charge on any atom is 0.143 e. The summed E-state index contributed by atoms with van der Waals surface area (Å²) in [5, 5.41) is 8.98. The molecular weight excluding hydrogens is 647 g/mol. The quantitative estimate of drug-likeness (QED) is 0.182. The Balaban J connectivity index is 1.22. The lowest BCUT2D eigenvalue weighted by atomic mass is 9.90. The molecule has 0 aliphatic rings. The Bertz CT molecular complexity index is 3130. The molecule has 53 heavy (non-hydrogen) atoms. The Morgan fingerprint density at radius 3 is 1.75 bits per heavy atom. The summed E-state index contributed by atoms with van der Waals surface area (Å²) in [7, 11) is 0. The van der Waals surface area contributed by atoms with Gasteiger partial charge in [0, 0.05) is 38.5 Å². The monoisotopic (exact) mass is 677 g/mol. The Kier molecular flexibility index (Phi) is 6.55. The standard InChI is InChI=1S/C50H31NO2/c1-3-16-35(17-4-1)51(36-18-5-2-6-19-36)44-23-13-25-46-48(44)43-31-42(38-20-9-10-21-39(38)49(43)53-46)40-29-28-37(34-27-26-32-14-7-8-15-33(32)30-34)47-41-22-11-12-24-45(41)52-50(40)47/h1-31H. The van der Waals surface area contributed by atoms with Gasteiger partial charge in [-0.05, 0) is 93.5 Å². The number of furan rings is 2. The number of anilines is 3. The van der Waals surface area contributed by atoms with Crippen LogP contribution in [0.25, 0.3) is 87.7 Å². The van der Waals surface area contributed by atoms with Gasteiger partial charge in [-0.3, -0.25) is 0 Å². The summed E-state index contributed by atoms with van der Waals surface area (Å²) < 4.78 is 13.7. The third kappa shape index (κ3) is 4.61. The fourth-order valence-electron chi connectivity index (χ4n) is 8.26. The molecule has 11 aromatic rings. The summed E-state index contributed by atoms with van der Waals surface area (Å²) in [6, 6.07) is 66.5. The van der Waals surface area contributed by atoms with Crippen molar-refractivity contribution in [2.24, 2.45) is 0 Å². The van der Waals surface area contributed by atoms with Gasteiger partial charge in [-0.25, -0.2) is 0 Å². The topological polar surface area (TPSA) is 29.5 Å². The first-order valence-electron chi connectivity index (χ1n) is 18.0. The molecule has 0 saturated heterocycles. The second-order valence-electron chi connectivity index (χ2n) is 13.6. The molecule has 2 aromatic heterocycles. The Morgan fingerprint density at radius 2 is 0.962 bits per heavy atom. The van der Waals surface area contributed by atoms with Gasteiger partial charge in [-0.2, -0.15) is 0 Å². The number of benzene rings is 9. The number of nitrogens with zero attached hydrogens (tertiary/aromatic N) is 1. The molecule has 0 aliphatic carbocycles. The molecule has 2 heterocycles. The van der Waals surface area contributed by atoms with Crippen molar-refractivity contribution in [1.82, 2.24) is 0 Å². The molecular formula is C50H31NO2. The van der Waals surface area contributed by atoms with E-state index in [-0.39, 0.29) is 0 Å². The van der Waals surface area contributed by atoms with Crippen LogP contribution in [0.15, 0.2) is 197 Å². The van der Waals surface area contributed by atoms with Crippen molar-refractivity contribution < 1.29 is 8.83 Å². The highest BCUT2D eigenvalue weighted by molar-refractivity contribution is 6.25. The highest BCUT2D eigenvalue weighted by atomic mass is 16.3. The van der Waals surface area contributed by atoms with Gasteiger partial charge in [0.25, 0.3) is 0 Å². The van der Waals surface area contributed by atoms with Crippen LogP contribution >= 0.6 is 0 Å². The second-order valence-corrected chi connectivity index (χ2v) is 13.6. The van der Waals surface area contributed by atoms with Crippen LogP contribution in [0.2, 0.25) is 0 Å². The molecule has 0 fully saturated rings. The third-order valence-electron chi connectivity index (χ3n) is 10.6. The molecule has 0 aliphatic heterocycles. The summed E-state index contributed by atoms with van der Waals surface area (Å²) in [6.45, 7) is 0. The van der Waals surface area contributed by atoms with Crippen LogP contribution < -0.4 is 4.90 Å². The SMILES string of the molecule is c1ccc(N(c2ccccc2)c2cccc3oc4c5ccccc5c(-c5ccc(-c6ccc7ccccc7c6)c6c5oc5ccccc56)cc4c23)cc1. The molecule has 11 rings (SSSR count). The summed E-state index contributed by atoms with van der Waals surface area (Å²) >= 11 is 0. The van der Waals surface area contributed by atoms with E-state index in [1.165, 1.54) is 16.3 Å². The van der Waals surface area contributed by atoms with Gasteiger partial charge in [-0.15, -0.1) is 0 Å². The molecule has 0 bridgehead atoms. The molecule has 0 saturated carbocycles. The molecule has 3 heteroatoms. The van der Waals surface area contributed by atoms with E-state index in [1.807, 2.05) is 6.07 Å². The van der Waals surface area contributed by atoms with Gasteiger partial charge in [0.2, 0.25) is 0 Å². The zero-order valence-corrected chi connectivity index (χ0v) is 28.7. The molecule has 0 spiro atoms. The van der Waals surface area contributed by atoms with Crippen molar-refractivity contribution in [3.8, 4) is 22.3 Å². The normalized spacial score (nSPS) is 11.8. The second kappa shape index (κ2) is 11.7. The Morgan fingerprint density at radius 1 is 0.340 bits per heavy atom. The fourth-order valence-corrected chi connectivity index (χ4v) is 8.26. The van der Waals surface area contributed by atoms with Gasteiger partial charge < -0.3 is 13.7 Å². The van der Waals surface area contributed by atoms with E-state index >= 15 is 0 Å². The average Bonchev–Trinajstić information content (AvgIpc) is 3.81. The number of para-hydroxylation sites is 3. The van der Waals surface area contributed by atoms with E-state index in [0.29, 0.717) is 0 Å². The number of hydrogen-bond acceptors (Lipinski definition) is 3. The molecule has 0 unspecified atom stereocenters. The van der Waals surface area contributed by atoms with Crippen molar-refractivity contribution in [2.75, 3.05) is 4.90 Å². The maximum absolute atomic E-state index is 6.86. The van der Waals surface area contributed by atoms with E-state index in [1.54, 1.807) is 0 Å². The van der Waals surface area contributed by atoms with E-state index in [2.05, 4.69) is 187 Å². The summed E-state index contributed by atoms with van der Waals surface area (Å²) in [4.78, 5) is 2.32. The van der Waals surface area contributed by atoms with Gasteiger partial charge >= 0.3 is 0 Å². The summed E-state index contributed by atoms with van der Waals surface area (Å²) in [6.07, 6.45) is 0. The van der Waals surface area contributed by atoms with Crippen LogP contribution in [0.4, 0.5) is 17.1 Å². The molecule has 9 aromatic carbocycles. The lowest BCUT2D eigenvalue weighted by molar-refractivity contribution is 0.670. The Hall–Kier alpha value is -7.10. The molecule has 0 atom stereocenters. The first kappa shape index (κ1) is 29.6. The van der Waals surface area contributed by atoms with Crippen LogP contribution in [0.5, 0.6) is 0 Å². The predicted octanol–water partition coefficient (Wildman–Crippen LogP) is 14.6. The lowest BCUT2D eigenvalue weighted by Gasteiger charge is -2.26. The largest absolute Gasteiger partial charge is 0.455 e. The number of fused-ring (bicyclic) bond motifs is 9. The van der Waals surface area contributed by atoms with Crippen molar-refractivity contribution in [2.45, 2.75) is 0 Å². The minimum Gasteiger partial charge on any atom is -0.455 e. The molecule has 248 valence electrons. The number of hydrogen-bond donors (Lipinski definition) is 0. The van der Waals surface area contributed by atoms with Crippen molar-refractivity contribution in [3.05, 3.63) is 188 Å². The molecule has 0 radical (unpaired) electrons. The highest BCUT2D eigenvalue weighted by Gasteiger charge is 2.24. The van der Waals surface area contributed by atoms with Crippen LogP contribution in [0.3, 0.4) is 0 Å². The van der Waals surface area contributed by atoms with E-state index < -0.39 is 0 Å². The first-order valence-corrected chi connectivity index (χ1v) is 18.0. The van der Waals surface area contributed by atoms with Crippen molar-refractivity contribution >= 4 is 82.5 Å². The number of rotatable bonds is 5. The van der Waals surface area contributed by atoms with Gasteiger partial charge in [0.1, 0.15) is 22.3 Å². The van der Waals surface area contributed by atoms with E-state index in [4.69, 9.17) is 8.83 Å². The van der Waals surface area contributed by atoms with Crippen LogP contribution in [-0.4, -0.2) is 0 Å². The highest BCUT2D eigenvalue weighted by Crippen LogP contribution is 2.48. The van der Waals surface area contributed by atoms with Crippen LogP contribution in [-0.2, 0) is 0 Å². The third-order valence-corrected chi connectivity index (χ3v) is 10.6. The van der Waals surface area contributed by atoms with Gasteiger partial charge in [-0.1, -0.05) is 127 Å².